The summed E-state index contributed by atoms with van der Waals surface area (Å²) < 4.78 is 0. The first-order chi connectivity index (χ1) is 10.3. The first-order valence-electron chi connectivity index (χ1n) is 9.11. The number of unbranched alkanes of at least 4 members (excludes halogenated alkanes) is 10. The molecule has 3 nitrogen and oxygen atoms in total. The van der Waals surface area contributed by atoms with Crippen LogP contribution in [0.25, 0.3) is 0 Å². The van der Waals surface area contributed by atoms with E-state index in [4.69, 9.17) is 5.26 Å². The van der Waals surface area contributed by atoms with Crippen molar-refractivity contribution in [3.8, 4) is 0 Å². The number of hydrogen-bond donors (Lipinski definition) is 1. The number of carbonyl (C=O) groups is 1. The van der Waals surface area contributed by atoms with Crippen molar-refractivity contribution in [2.24, 2.45) is 5.92 Å². The van der Waals surface area contributed by atoms with Gasteiger partial charge >= 0.3 is 5.97 Å². The molecule has 0 saturated carbocycles. The van der Waals surface area contributed by atoms with E-state index in [1.807, 2.05) is 0 Å². The summed E-state index contributed by atoms with van der Waals surface area (Å²) in [5.41, 5.74) is 0. The van der Waals surface area contributed by atoms with Gasteiger partial charge < -0.3 is 4.89 Å². The van der Waals surface area contributed by atoms with E-state index in [1.54, 1.807) is 0 Å². The Labute approximate surface area is 131 Å². The summed E-state index contributed by atoms with van der Waals surface area (Å²) in [6, 6.07) is 0. The smallest absolute Gasteiger partial charge is 0.301 e. The van der Waals surface area contributed by atoms with Crippen molar-refractivity contribution < 1.29 is 14.9 Å². The van der Waals surface area contributed by atoms with Crippen LogP contribution < -0.4 is 0 Å². The van der Waals surface area contributed by atoms with E-state index >= 15 is 0 Å². The van der Waals surface area contributed by atoms with Gasteiger partial charge in [-0.3, -0.25) is 0 Å². The van der Waals surface area contributed by atoms with Crippen LogP contribution in [0.4, 0.5) is 0 Å². The Hall–Kier alpha value is -0.570. The molecule has 0 aromatic carbocycles. The summed E-state index contributed by atoms with van der Waals surface area (Å²) in [6.07, 6.45) is 16.7. The molecule has 0 amide bonds. The van der Waals surface area contributed by atoms with Crippen molar-refractivity contribution in [1.29, 1.82) is 0 Å². The Balaban J connectivity index is 3.56. The molecule has 0 aliphatic rings. The fraction of sp³-hybridized carbons (Fsp3) is 0.944. The van der Waals surface area contributed by atoms with Crippen LogP contribution in [-0.4, -0.2) is 11.2 Å². The van der Waals surface area contributed by atoms with E-state index in [1.165, 1.54) is 51.4 Å². The van der Waals surface area contributed by atoms with Crippen LogP contribution in [0.5, 0.6) is 0 Å². The highest BCUT2D eigenvalue weighted by Crippen LogP contribution is 2.19. The summed E-state index contributed by atoms with van der Waals surface area (Å²) >= 11 is 0. The van der Waals surface area contributed by atoms with Crippen LogP contribution in [0.2, 0.25) is 0 Å². The third-order valence-corrected chi connectivity index (χ3v) is 4.24. The van der Waals surface area contributed by atoms with Crippen LogP contribution in [0, 0.1) is 5.92 Å². The van der Waals surface area contributed by atoms with Gasteiger partial charge in [-0.25, -0.2) is 4.79 Å². The predicted molar refractivity (Wildman–Crippen MR) is 88.2 cm³/mol. The maximum atomic E-state index is 11.5. The number of hydrogen-bond acceptors (Lipinski definition) is 3. The fourth-order valence-electron chi connectivity index (χ4n) is 2.80. The van der Waals surface area contributed by atoms with Gasteiger partial charge in [0.1, 0.15) is 0 Å². The van der Waals surface area contributed by atoms with Crippen molar-refractivity contribution in [3.05, 3.63) is 0 Å². The SMILES string of the molecule is CCCCCCCCCCCC(CCCCC)C(=O)OO. The third kappa shape index (κ3) is 12.9. The van der Waals surface area contributed by atoms with Crippen molar-refractivity contribution >= 4 is 5.97 Å². The Kier molecular flexibility index (Phi) is 15.4. The molecule has 0 radical (unpaired) electrons. The van der Waals surface area contributed by atoms with E-state index in [0.29, 0.717) is 0 Å². The molecule has 0 spiro atoms. The highest BCUT2D eigenvalue weighted by Gasteiger charge is 2.19. The Morgan fingerprint density at radius 1 is 0.762 bits per heavy atom. The maximum absolute atomic E-state index is 11.5. The third-order valence-electron chi connectivity index (χ3n) is 4.24. The van der Waals surface area contributed by atoms with Gasteiger partial charge in [0.05, 0.1) is 5.92 Å². The van der Waals surface area contributed by atoms with Gasteiger partial charge in [-0.05, 0) is 12.8 Å². The molecular weight excluding hydrogens is 264 g/mol. The van der Waals surface area contributed by atoms with Crippen LogP contribution in [-0.2, 0) is 9.68 Å². The molecule has 0 aliphatic heterocycles. The van der Waals surface area contributed by atoms with E-state index in [-0.39, 0.29) is 5.92 Å². The second-order valence-electron chi connectivity index (χ2n) is 6.22. The van der Waals surface area contributed by atoms with Crippen molar-refractivity contribution in [2.45, 2.75) is 104 Å². The molecule has 0 heterocycles. The Morgan fingerprint density at radius 3 is 1.62 bits per heavy atom. The Morgan fingerprint density at radius 2 is 1.14 bits per heavy atom. The molecular formula is C18H36O3. The van der Waals surface area contributed by atoms with Crippen molar-refractivity contribution in [2.75, 3.05) is 0 Å². The van der Waals surface area contributed by atoms with E-state index in [2.05, 4.69) is 18.7 Å². The lowest BCUT2D eigenvalue weighted by atomic mass is 9.94. The molecule has 0 aromatic heterocycles. The van der Waals surface area contributed by atoms with Crippen LogP contribution in [0.15, 0.2) is 0 Å². The standard InChI is InChI=1S/C18H36O3/c1-3-5-7-8-9-10-11-12-14-16-17(18(19)21-20)15-13-6-4-2/h17,20H,3-16H2,1-2H3. The second kappa shape index (κ2) is 15.8. The van der Waals surface area contributed by atoms with Crippen LogP contribution >= 0.6 is 0 Å². The summed E-state index contributed by atoms with van der Waals surface area (Å²) in [4.78, 5) is 15.4. The molecule has 1 N–H and O–H groups in total. The van der Waals surface area contributed by atoms with Gasteiger partial charge in [0.25, 0.3) is 0 Å². The molecule has 0 aromatic rings. The van der Waals surface area contributed by atoms with Gasteiger partial charge in [-0.15, -0.1) is 0 Å². The normalized spacial score (nSPS) is 12.3. The number of rotatable bonds is 15. The van der Waals surface area contributed by atoms with E-state index in [9.17, 15) is 4.79 Å². The van der Waals surface area contributed by atoms with Crippen LogP contribution in [0.1, 0.15) is 104 Å². The van der Waals surface area contributed by atoms with Gasteiger partial charge in [0, 0.05) is 0 Å². The zero-order chi connectivity index (χ0) is 15.8. The molecule has 21 heavy (non-hydrogen) atoms. The summed E-state index contributed by atoms with van der Waals surface area (Å²) in [7, 11) is 0. The minimum Gasteiger partial charge on any atom is -0.301 e. The lowest BCUT2D eigenvalue weighted by Crippen LogP contribution is -2.16. The molecule has 1 atom stereocenters. The summed E-state index contributed by atoms with van der Waals surface area (Å²) in [6.45, 7) is 4.40. The van der Waals surface area contributed by atoms with Gasteiger partial charge in [-0.1, -0.05) is 90.9 Å². The van der Waals surface area contributed by atoms with E-state index < -0.39 is 5.97 Å². The molecule has 126 valence electrons. The minimum atomic E-state index is -0.439. The quantitative estimate of drug-likeness (QED) is 0.225. The first kappa shape index (κ1) is 20.4. The minimum absolute atomic E-state index is 0.105. The van der Waals surface area contributed by atoms with E-state index in [0.717, 1.165) is 38.5 Å². The van der Waals surface area contributed by atoms with Crippen molar-refractivity contribution in [3.63, 3.8) is 0 Å². The number of carbonyl (C=O) groups excluding carboxylic acids is 1. The fourth-order valence-corrected chi connectivity index (χ4v) is 2.80. The molecule has 0 rings (SSSR count). The average molecular weight is 300 g/mol. The summed E-state index contributed by atoms with van der Waals surface area (Å²) in [5, 5.41) is 8.56. The molecule has 1 unspecified atom stereocenters. The molecule has 0 aliphatic carbocycles. The lowest BCUT2D eigenvalue weighted by Gasteiger charge is -2.12. The maximum Gasteiger partial charge on any atom is 0.345 e. The largest absolute Gasteiger partial charge is 0.345 e. The highest BCUT2D eigenvalue weighted by molar-refractivity contribution is 5.71. The average Bonchev–Trinajstić information content (AvgIpc) is 2.51. The highest BCUT2D eigenvalue weighted by atomic mass is 17.1. The van der Waals surface area contributed by atoms with Crippen molar-refractivity contribution in [1.82, 2.24) is 0 Å². The van der Waals surface area contributed by atoms with Crippen LogP contribution in [0.3, 0.4) is 0 Å². The molecule has 3 heteroatoms. The monoisotopic (exact) mass is 300 g/mol. The first-order valence-corrected chi connectivity index (χ1v) is 9.11. The molecule has 0 saturated heterocycles. The Bertz CT molecular complexity index is 229. The van der Waals surface area contributed by atoms with Gasteiger partial charge in [-0.2, -0.15) is 5.26 Å². The zero-order valence-electron chi connectivity index (χ0n) is 14.2. The molecule has 0 bridgehead atoms. The van der Waals surface area contributed by atoms with Gasteiger partial charge in [0.2, 0.25) is 0 Å². The zero-order valence-corrected chi connectivity index (χ0v) is 14.2. The second-order valence-corrected chi connectivity index (χ2v) is 6.22. The van der Waals surface area contributed by atoms with Gasteiger partial charge in [0.15, 0.2) is 0 Å². The molecule has 0 fully saturated rings. The topological polar surface area (TPSA) is 46.5 Å². The summed E-state index contributed by atoms with van der Waals surface area (Å²) in [5.74, 6) is -0.545. The predicted octanol–water partition coefficient (Wildman–Crippen LogP) is 6.12. The lowest BCUT2D eigenvalue weighted by molar-refractivity contribution is -0.239.